The Labute approximate surface area is 207 Å². The largest absolute Gasteiger partial charge is 0.496 e. The van der Waals surface area contributed by atoms with E-state index < -0.39 is 12.0 Å². The first-order valence-electron chi connectivity index (χ1n) is 10.1. The van der Waals surface area contributed by atoms with Crippen molar-refractivity contribution in [1.29, 1.82) is 0 Å². The molecule has 3 aromatic rings. The molecule has 0 N–H and O–H groups in total. The zero-order valence-corrected chi connectivity index (χ0v) is 21.3. The van der Waals surface area contributed by atoms with Gasteiger partial charge >= 0.3 is 5.97 Å². The molecular formula is C24H20BrClN2O4S. The Morgan fingerprint density at radius 1 is 1.30 bits per heavy atom. The van der Waals surface area contributed by atoms with E-state index in [1.165, 1.54) is 11.3 Å². The van der Waals surface area contributed by atoms with E-state index in [2.05, 4.69) is 20.9 Å². The minimum atomic E-state index is -0.698. The molecule has 2 aromatic carbocycles. The molecule has 0 amide bonds. The molecule has 6 nitrogen and oxygen atoms in total. The summed E-state index contributed by atoms with van der Waals surface area (Å²) in [6.45, 7) is 3.71. The number of allylic oxidation sites excluding steroid dienone is 1. The summed E-state index contributed by atoms with van der Waals surface area (Å²) >= 11 is 11.1. The number of fused-ring (bicyclic) bond motifs is 1. The van der Waals surface area contributed by atoms with E-state index >= 15 is 0 Å². The zero-order chi connectivity index (χ0) is 23.7. The molecule has 33 heavy (non-hydrogen) atoms. The summed E-state index contributed by atoms with van der Waals surface area (Å²) in [5.74, 6) is 0.138. The molecule has 0 aliphatic carbocycles. The number of carbonyl (C=O) groups is 1. The molecule has 0 saturated heterocycles. The summed E-state index contributed by atoms with van der Waals surface area (Å²) in [4.78, 5) is 31.6. The second-order valence-electron chi connectivity index (χ2n) is 7.22. The SMILES string of the molecule is CCOC(=O)C1=C(C)N=c2s/c(=C/c3ccccc3Cl)c(=O)n2[C@@H]1c1ccc(OC)c(Br)c1. The topological polar surface area (TPSA) is 69.9 Å². The van der Waals surface area contributed by atoms with Gasteiger partial charge in [0.25, 0.3) is 5.56 Å². The van der Waals surface area contributed by atoms with E-state index in [1.807, 2.05) is 30.3 Å². The van der Waals surface area contributed by atoms with Crippen molar-refractivity contribution in [2.24, 2.45) is 4.99 Å². The number of rotatable bonds is 5. The lowest BCUT2D eigenvalue weighted by Crippen LogP contribution is -2.40. The van der Waals surface area contributed by atoms with Gasteiger partial charge in [-0.3, -0.25) is 9.36 Å². The van der Waals surface area contributed by atoms with E-state index in [0.29, 0.717) is 35.8 Å². The number of esters is 1. The van der Waals surface area contributed by atoms with Gasteiger partial charge in [-0.05, 0) is 65.2 Å². The van der Waals surface area contributed by atoms with E-state index in [1.54, 1.807) is 43.7 Å². The Morgan fingerprint density at radius 2 is 2.06 bits per heavy atom. The third kappa shape index (κ3) is 4.43. The molecule has 1 atom stereocenters. The van der Waals surface area contributed by atoms with Gasteiger partial charge in [-0.1, -0.05) is 47.2 Å². The van der Waals surface area contributed by atoms with Gasteiger partial charge in [-0.2, -0.15) is 0 Å². The highest BCUT2D eigenvalue weighted by atomic mass is 79.9. The van der Waals surface area contributed by atoms with E-state index in [0.717, 1.165) is 11.1 Å². The molecule has 0 fully saturated rings. The molecule has 0 radical (unpaired) electrons. The van der Waals surface area contributed by atoms with Crippen LogP contribution in [0.25, 0.3) is 6.08 Å². The van der Waals surface area contributed by atoms with Gasteiger partial charge in [-0.25, -0.2) is 9.79 Å². The maximum absolute atomic E-state index is 13.6. The standard InChI is InChI=1S/C24H20BrClN2O4S/c1-4-32-23(30)20-13(2)27-24-28(21(20)15-9-10-18(31-3)16(25)11-15)22(29)19(33-24)12-14-7-5-6-8-17(14)26/h5-12,21H,4H2,1-3H3/b19-12+/t21-/m1/s1. The first-order chi connectivity index (χ1) is 15.8. The van der Waals surface area contributed by atoms with Crippen LogP contribution in [0.1, 0.15) is 31.0 Å². The Bertz CT molecular complexity index is 1460. The second kappa shape index (κ2) is 9.67. The van der Waals surface area contributed by atoms with Crippen molar-refractivity contribution in [2.45, 2.75) is 19.9 Å². The quantitative estimate of drug-likeness (QED) is 0.449. The van der Waals surface area contributed by atoms with Gasteiger partial charge < -0.3 is 9.47 Å². The van der Waals surface area contributed by atoms with Crippen molar-refractivity contribution in [2.75, 3.05) is 13.7 Å². The zero-order valence-electron chi connectivity index (χ0n) is 18.1. The van der Waals surface area contributed by atoms with E-state index in [4.69, 9.17) is 21.1 Å². The number of thiazole rings is 1. The van der Waals surface area contributed by atoms with Gasteiger partial charge in [0.2, 0.25) is 0 Å². The predicted octanol–water partition coefficient (Wildman–Crippen LogP) is 4.22. The lowest BCUT2D eigenvalue weighted by molar-refractivity contribution is -0.139. The van der Waals surface area contributed by atoms with Crippen LogP contribution in [0, 0.1) is 0 Å². The molecule has 1 aliphatic rings. The highest BCUT2D eigenvalue weighted by Gasteiger charge is 2.33. The number of carbonyl (C=O) groups excluding carboxylic acids is 1. The lowest BCUT2D eigenvalue weighted by Gasteiger charge is -2.25. The summed E-state index contributed by atoms with van der Waals surface area (Å²) in [6.07, 6.45) is 1.75. The molecule has 1 aromatic heterocycles. The Hall–Kier alpha value is -2.68. The fourth-order valence-corrected chi connectivity index (χ4v) is 5.48. The van der Waals surface area contributed by atoms with Gasteiger partial charge in [0.1, 0.15) is 5.75 Å². The van der Waals surface area contributed by atoms with Crippen LogP contribution in [0.3, 0.4) is 0 Å². The minimum absolute atomic E-state index is 0.214. The third-order valence-corrected chi connectivity index (χ3v) is 7.15. The van der Waals surface area contributed by atoms with Crippen LogP contribution in [0.15, 0.2) is 68.0 Å². The van der Waals surface area contributed by atoms with Crippen LogP contribution in [-0.4, -0.2) is 24.3 Å². The highest BCUT2D eigenvalue weighted by molar-refractivity contribution is 9.10. The Morgan fingerprint density at radius 3 is 2.73 bits per heavy atom. The molecule has 0 unspecified atom stereocenters. The van der Waals surface area contributed by atoms with Gasteiger partial charge in [0, 0.05) is 5.02 Å². The first-order valence-corrected chi connectivity index (χ1v) is 12.1. The van der Waals surface area contributed by atoms with E-state index in [9.17, 15) is 9.59 Å². The molecule has 0 saturated carbocycles. The molecule has 1 aliphatic heterocycles. The number of ether oxygens (including phenoxy) is 2. The molecule has 0 bridgehead atoms. The average Bonchev–Trinajstić information content (AvgIpc) is 3.09. The van der Waals surface area contributed by atoms with Gasteiger partial charge in [0.15, 0.2) is 4.80 Å². The summed E-state index contributed by atoms with van der Waals surface area (Å²) in [5.41, 5.74) is 2.03. The smallest absolute Gasteiger partial charge is 0.338 e. The number of hydrogen-bond donors (Lipinski definition) is 0. The van der Waals surface area contributed by atoms with Crippen molar-refractivity contribution in [3.63, 3.8) is 0 Å². The van der Waals surface area contributed by atoms with Gasteiger partial charge in [-0.15, -0.1) is 0 Å². The molecule has 170 valence electrons. The van der Waals surface area contributed by atoms with Crippen LogP contribution in [-0.2, 0) is 9.53 Å². The fourth-order valence-electron chi connectivity index (χ4n) is 3.69. The number of methoxy groups -OCH3 is 1. The summed E-state index contributed by atoms with van der Waals surface area (Å²) in [6, 6.07) is 12.1. The van der Waals surface area contributed by atoms with Crippen molar-refractivity contribution >= 4 is 50.9 Å². The normalized spacial score (nSPS) is 15.8. The van der Waals surface area contributed by atoms with Crippen molar-refractivity contribution in [3.05, 3.63) is 94.0 Å². The van der Waals surface area contributed by atoms with Crippen molar-refractivity contribution < 1.29 is 14.3 Å². The van der Waals surface area contributed by atoms with Crippen LogP contribution >= 0.6 is 38.9 Å². The molecule has 2 heterocycles. The molecule has 4 rings (SSSR count). The predicted molar refractivity (Wildman–Crippen MR) is 133 cm³/mol. The minimum Gasteiger partial charge on any atom is -0.496 e. The van der Waals surface area contributed by atoms with Crippen molar-refractivity contribution in [3.8, 4) is 5.75 Å². The summed E-state index contributed by atoms with van der Waals surface area (Å²) in [7, 11) is 1.58. The first kappa shape index (κ1) is 23.5. The number of aromatic nitrogens is 1. The van der Waals surface area contributed by atoms with Gasteiger partial charge in [0.05, 0.1) is 40.0 Å². The number of benzene rings is 2. The Kier molecular flexibility index (Phi) is 6.88. The lowest BCUT2D eigenvalue weighted by atomic mass is 9.96. The number of nitrogens with zero attached hydrogens (tertiary/aromatic N) is 2. The Balaban J connectivity index is 1.98. The molecule has 9 heteroatoms. The van der Waals surface area contributed by atoms with Crippen molar-refractivity contribution in [1.82, 2.24) is 4.57 Å². The van der Waals surface area contributed by atoms with E-state index in [-0.39, 0.29) is 12.2 Å². The van der Waals surface area contributed by atoms with Crippen LogP contribution in [0.2, 0.25) is 5.02 Å². The number of halogens is 2. The summed E-state index contributed by atoms with van der Waals surface area (Å²) in [5, 5.41) is 0.544. The maximum Gasteiger partial charge on any atom is 0.338 e. The monoisotopic (exact) mass is 546 g/mol. The fraction of sp³-hybridized carbons (Fsp3) is 0.208. The summed E-state index contributed by atoms with van der Waals surface area (Å²) < 4.78 is 13.4. The molecule has 0 spiro atoms. The maximum atomic E-state index is 13.6. The molecular weight excluding hydrogens is 528 g/mol. The third-order valence-electron chi connectivity index (χ3n) is 5.20. The van der Waals surface area contributed by atoms with Crippen LogP contribution in [0.5, 0.6) is 5.75 Å². The average molecular weight is 548 g/mol. The number of hydrogen-bond acceptors (Lipinski definition) is 6. The van der Waals surface area contributed by atoms with Crippen LogP contribution < -0.4 is 19.6 Å². The van der Waals surface area contributed by atoms with Crippen LogP contribution in [0.4, 0.5) is 0 Å². The highest BCUT2D eigenvalue weighted by Crippen LogP contribution is 2.35. The second-order valence-corrected chi connectivity index (χ2v) is 9.49.